The molecule has 94 valence electrons. The maximum Gasteiger partial charge on any atom is 0.264 e. The second-order valence-electron chi connectivity index (χ2n) is 4.66. The van der Waals surface area contributed by atoms with E-state index in [0.29, 0.717) is 17.0 Å². The van der Waals surface area contributed by atoms with E-state index < -0.39 is 0 Å². The molecule has 1 aromatic rings. The van der Waals surface area contributed by atoms with Crippen molar-refractivity contribution in [2.75, 3.05) is 13.1 Å². The summed E-state index contributed by atoms with van der Waals surface area (Å²) < 4.78 is 3.69. The van der Waals surface area contributed by atoms with Gasteiger partial charge in [-0.25, -0.2) is 0 Å². The Balaban J connectivity index is 1.80. The summed E-state index contributed by atoms with van der Waals surface area (Å²) >= 11 is 1.14. The molecule has 0 aromatic carbocycles. The molecule has 0 atom stereocenters. The van der Waals surface area contributed by atoms with Crippen molar-refractivity contribution >= 4 is 17.4 Å². The molecule has 1 aliphatic heterocycles. The fraction of sp³-hybridized carbons (Fsp3) is 0.727. The molecular formula is C11H18N4OS. The Morgan fingerprint density at radius 1 is 1.53 bits per heavy atom. The molecule has 0 unspecified atom stereocenters. The van der Waals surface area contributed by atoms with Crippen LogP contribution in [-0.4, -0.2) is 45.6 Å². The standard InChI is InChI=1S/C11H18N4OS/c1-8(2)15-5-3-9(4-6-15)13-11(16)10-7-12-14-17-10/h7-9H,3-6H2,1-2H3,(H,13,16). The van der Waals surface area contributed by atoms with E-state index >= 15 is 0 Å². The summed E-state index contributed by atoms with van der Waals surface area (Å²) in [7, 11) is 0. The average molecular weight is 254 g/mol. The van der Waals surface area contributed by atoms with Crippen LogP contribution in [0.3, 0.4) is 0 Å². The van der Waals surface area contributed by atoms with Gasteiger partial charge < -0.3 is 10.2 Å². The van der Waals surface area contributed by atoms with Crippen LogP contribution in [0, 0.1) is 0 Å². The molecule has 2 rings (SSSR count). The molecule has 5 nitrogen and oxygen atoms in total. The highest BCUT2D eigenvalue weighted by molar-refractivity contribution is 7.07. The molecule has 2 heterocycles. The number of rotatable bonds is 3. The van der Waals surface area contributed by atoms with E-state index in [1.807, 2.05) is 0 Å². The van der Waals surface area contributed by atoms with Crippen LogP contribution in [0.25, 0.3) is 0 Å². The zero-order valence-electron chi connectivity index (χ0n) is 10.2. The van der Waals surface area contributed by atoms with E-state index in [-0.39, 0.29) is 5.91 Å². The highest BCUT2D eigenvalue weighted by Crippen LogP contribution is 2.13. The third kappa shape index (κ3) is 3.23. The van der Waals surface area contributed by atoms with E-state index in [2.05, 4.69) is 33.7 Å². The van der Waals surface area contributed by atoms with E-state index in [1.54, 1.807) is 0 Å². The SMILES string of the molecule is CC(C)N1CCC(NC(=O)c2cnns2)CC1. The lowest BCUT2D eigenvalue weighted by Crippen LogP contribution is -2.46. The molecule has 1 fully saturated rings. The van der Waals surface area contributed by atoms with Gasteiger partial charge in [-0.15, -0.1) is 5.10 Å². The Bertz CT molecular complexity index is 358. The lowest BCUT2D eigenvalue weighted by molar-refractivity contribution is 0.0904. The van der Waals surface area contributed by atoms with Crippen LogP contribution in [0.15, 0.2) is 6.20 Å². The summed E-state index contributed by atoms with van der Waals surface area (Å²) in [6, 6.07) is 0.886. The number of nitrogens with one attached hydrogen (secondary N) is 1. The van der Waals surface area contributed by atoms with Crippen LogP contribution < -0.4 is 5.32 Å². The normalized spacial score (nSPS) is 18.5. The summed E-state index contributed by atoms with van der Waals surface area (Å²) in [5.41, 5.74) is 0. The molecular weight excluding hydrogens is 236 g/mol. The Morgan fingerprint density at radius 3 is 2.76 bits per heavy atom. The average Bonchev–Trinajstić information content (AvgIpc) is 2.83. The van der Waals surface area contributed by atoms with Gasteiger partial charge in [0.1, 0.15) is 4.88 Å². The second-order valence-corrected chi connectivity index (χ2v) is 5.44. The molecule has 1 saturated heterocycles. The maximum atomic E-state index is 11.8. The molecule has 0 radical (unpaired) electrons. The van der Waals surface area contributed by atoms with Crippen molar-refractivity contribution in [3.63, 3.8) is 0 Å². The van der Waals surface area contributed by atoms with Crippen molar-refractivity contribution in [1.29, 1.82) is 0 Å². The van der Waals surface area contributed by atoms with Gasteiger partial charge in [0.25, 0.3) is 5.91 Å². The summed E-state index contributed by atoms with van der Waals surface area (Å²) in [6.07, 6.45) is 3.57. The maximum absolute atomic E-state index is 11.8. The Morgan fingerprint density at radius 2 is 2.24 bits per heavy atom. The van der Waals surface area contributed by atoms with Crippen molar-refractivity contribution in [3.05, 3.63) is 11.1 Å². The predicted molar refractivity (Wildman–Crippen MR) is 67.1 cm³/mol. The van der Waals surface area contributed by atoms with Crippen LogP contribution in [0.5, 0.6) is 0 Å². The largest absolute Gasteiger partial charge is 0.348 e. The van der Waals surface area contributed by atoms with Crippen LogP contribution >= 0.6 is 11.5 Å². The first-order valence-corrected chi connectivity index (χ1v) is 6.76. The van der Waals surface area contributed by atoms with Gasteiger partial charge in [0.15, 0.2) is 0 Å². The highest BCUT2D eigenvalue weighted by atomic mass is 32.1. The highest BCUT2D eigenvalue weighted by Gasteiger charge is 2.22. The smallest absolute Gasteiger partial charge is 0.264 e. The quantitative estimate of drug-likeness (QED) is 0.879. The summed E-state index contributed by atoms with van der Waals surface area (Å²) in [5, 5.41) is 6.72. The third-order valence-corrected chi connectivity index (χ3v) is 3.84. The summed E-state index contributed by atoms with van der Waals surface area (Å²) in [5.74, 6) is -0.0389. The zero-order valence-corrected chi connectivity index (χ0v) is 11.0. The summed E-state index contributed by atoms with van der Waals surface area (Å²) in [6.45, 7) is 6.54. The fourth-order valence-electron chi connectivity index (χ4n) is 2.08. The van der Waals surface area contributed by atoms with Crippen LogP contribution in [0.1, 0.15) is 36.4 Å². The lowest BCUT2D eigenvalue weighted by atomic mass is 10.0. The molecule has 0 bridgehead atoms. The second kappa shape index (κ2) is 5.55. The van der Waals surface area contributed by atoms with Gasteiger partial charge in [-0.2, -0.15) is 0 Å². The number of aromatic nitrogens is 2. The summed E-state index contributed by atoms with van der Waals surface area (Å²) in [4.78, 5) is 14.8. The minimum absolute atomic E-state index is 0.0389. The lowest BCUT2D eigenvalue weighted by Gasteiger charge is -2.34. The molecule has 6 heteroatoms. The van der Waals surface area contributed by atoms with Gasteiger partial charge in [-0.05, 0) is 38.2 Å². The first-order chi connectivity index (χ1) is 8.16. The van der Waals surface area contributed by atoms with E-state index in [1.165, 1.54) is 6.20 Å². The number of carbonyl (C=O) groups is 1. The molecule has 1 aromatic heterocycles. The van der Waals surface area contributed by atoms with Gasteiger partial charge in [0.2, 0.25) is 0 Å². The van der Waals surface area contributed by atoms with Gasteiger partial charge in [0, 0.05) is 25.2 Å². The molecule has 0 saturated carbocycles. The topological polar surface area (TPSA) is 58.1 Å². The van der Waals surface area contributed by atoms with Crippen molar-refractivity contribution in [3.8, 4) is 0 Å². The number of piperidine rings is 1. The van der Waals surface area contributed by atoms with Crippen molar-refractivity contribution in [1.82, 2.24) is 19.8 Å². The number of hydrogen-bond donors (Lipinski definition) is 1. The molecule has 0 aliphatic carbocycles. The number of carbonyl (C=O) groups excluding carboxylic acids is 1. The minimum Gasteiger partial charge on any atom is -0.348 e. The van der Waals surface area contributed by atoms with Gasteiger partial charge in [0.05, 0.1) is 6.20 Å². The molecule has 17 heavy (non-hydrogen) atoms. The number of hydrogen-bond acceptors (Lipinski definition) is 5. The van der Waals surface area contributed by atoms with Crippen molar-refractivity contribution < 1.29 is 4.79 Å². The van der Waals surface area contributed by atoms with Crippen LogP contribution in [0.4, 0.5) is 0 Å². The van der Waals surface area contributed by atoms with Crippen LogP contribution in [0.2, 0.25) is 0 Å². The van der Waals surface area contributed by atoms with Crippen molar-refractivity contribution in [2.45, 2.75) is 38.8 Å². The van der Waals surface area contributed by atoms with E-state index in [9.17, 15) is 4.79 Å². The third-order valence-electron chi connectivity index (χ3n) is 3.18. The van der Waals surface area contributed by atoms with Crippen LogP contribution in [-0.2, 0) is 0 Å². The van der Waals surface area contributed by atoms with Crippen molar-refractivity contribution in [2.24, 2.45) is 0 Å². The predicted octanol–water partition coefficient (Wildman–Crippen LogP) is 1.14. The fourth-order valence-corrected chi connectivity index (χ4v) is 2.50. The minimum atomic E-state index is -0.0389. The van der Waals surface area contributed by atoms with Gasteiger partial charge in [-0.1, -0.05) is 4.49 Å². The number of likely N-dealkylation sites (tertiary alicyclic amines) is 1. The van der Waals surface area contributed by atoms with E-state index in [4.69, 9.17) is 0 Å². The zero-order chi connectivity index (χ0) is 12.3. The Kier molecular flexibility index (Phi) is 4.06. The molecule has 1 N–H and O–H groups in total. The Hall–Kier alpha value is -1.01. The molecule has 0 spiro atoms. The van der Waals surface area contributed by atoms with Gasteiger partial charge >= 0.3 is 0 Å². The van der Waals surface area contributed by atoms with Gasteiger partial charge in [-0.3, -0.25) is 4.79 Å². The number of nitrogens with zero attached hydrogens (tertiary/aromatic N) is 3. The number of amides is 1. The van der Waals surface area contributed by atoms with E-state index in [0.717, 1.165) is 37.5 Å². The molecule has 1 aliphatic rings. The monoisotopic (exact) mass is 254 g/mol. The first-order valence-electron chi connectivity index (χ1n) is 5.99. The molecule has 1 amide bonds. The Labute approximate surface area is 105 Å². The first kappa shape index (κ1) is 12.4.